The number of rotatable bonds is 7. The first-order valence-corrected chi connectivity index (χ1v) is 9.53. The molecule has 0 aliphatic carbocycles. The molecule has 4 rings (SSSR count). The van der Waals surface area contributed by atoms with Gasteiger partial charge in [-0.25, -0.2) is 0 Å². The third-order valence-electron chi connectivity index (χ3n) is 4.85. The molecule has 0 fully saturated rings. The number of benzene rings is 3. The van der Waals surface area contributed by atoms with E-state index < -0.39 is 0 Å². The molecule has 0 aliphatic heterocycles. The van der Waals surface area contributed by atoms with Gasteiger partial charge in [0.1, 0.15) is 5.75 Å². The van der Waals surface area contributed by atoms with E-state index in [-0.39, 0.29) is 5.91 Å². The van der Waals surface area contributed by atoms with Crippen LogP contribution in [0.3, 0.4) is 0 Å². The molecular weight excluding hydrogens is 362 g/mol. The second kappa shape index (κ2) is 8.52. The number of hydrogen-bond acceptors (Lipinski definition) is 3. The van der Waals surface area contributed by atoms with Crippen molar-refractivity contribution in [1.29, 1.82) is 0 Å². The zero-order valence-electron chi connectivity index (χ0n) is 16.2. The van der Waals surface area contributed by atoms with E-state index in [1.54, 1.807) is 7.11 Å². The number of amides is 1. The predicted molar refractivity (Wildman–Crippen MR) is 117 cm³/mol. The maximum absolute atomic E-state index is 12.4. The number of H-pyrrole nitrogens is 1. The monoisotopic (exact) mass is 385 g/mol. The Morgan fingerprint density at radius 2 is 1.66 bits per heavy atom. The summed E-state index contributed by atoms with van der Waals surface area (Å²) in [5.74, 6) is 0.815. The van der Waals surface area contributed by atoms with Crippen molar-refractivity contribution in [2.45, 2.75) is 13.0 Å². The fraction of sp³-hybridized carbons (Fsp3) is 0.125. The van der Waals surface area contributed by atoms with E-state index in [0.29, 0.717) is 6.42 Å². The van der Waals surface area contributed by atoms with Gasteiger partial charge >= 0.3 is 0 Å². The first kappa shape index (κ1) is 18.6. The Balaban J connectivity index is 1.32. The predicted octanol–water partition coefficient (Wildman–Crippen LogP) is 4.97. The van der Waals surface area contributed by atoms with Crippen LogP contribution < -0.4 is 15.4 Å². The van der Waals surface area contributed by atoms with Crippen LogP contribution in [0.15, 0.2) is 79.0 Å². The van der Waals surface area contributed by atoms with E-state index in [9.17, 15) is 4.79 Å². The highest BCUT2D eigenvalue weighted by Crippen LogP contribution is 2.20. The molecule has 0 saturated heterocycles. The van der Waals surface area contributed by atoms with Gasteiger partial charge in [-0.2, -0.15) is 0 Å². The smallest absolute Gasteiger partial charge is 0.228 e. The Morgan fingerprint density at radius 1 is 0.931 bits per heavy atom. The molecule has 3 N–H and O–H groups in total. The maximum atomic E-state index is 12.4. The lowest BCUT2D eigenvalue weighted by Crippen LogP contribution is -2.14. The average molecular weight is 385 g/mol. The van der Waals surface area contributed by atoms with Crippen LogP contribution in [0.25, 0.3) is 10.9 Å². The number of aromatic amines is 1. The van der Waals surface area contributed by atoms with E-state index in [0.717, 1.165) is 40.1 Å². The number of fused-ring (bicyclic) bond motifs is 1. The highest BCUT2D eigenvalue weighted by atomic mass is 16.5. The number of carbonyl (C=O) groups excluding carboxylic acids is 1. The Hall–Kier alpha value is -3.73. The lowest BCUT2D eigenvalue weighted by atomic mass is 10.1. The fourth-order valence-electron chi connectivity index (χ4n) is 3.27. The van der Waals surface area contributed by atoms with Crippen molar-refractivity contribution in [1.82, 2.24) is 4.98 Å². The van der Waals surface area contributed by atoms with Gasteiger partial charge in [-0.3, -0.25) is 4.79 Å². The topological polar surface area (TPSA) is 66.2 Å². The number of carbonyl (C=O) groups is 1. The molecule has 1 heterocycles. The number of nitrogens with one attached hydrogen (secondary N) is 3. The van der Waals surface area contributed by atoms with Gasteiger partial charge in [0.05, 0.1) is 13.5 Å². The minimum absolute atomic E-state index is 0.0336. The molecule has 1 amide bonds. The van der Waals surface area contributed by atoms with Crippen molar-refractivity contribution in [3.8, 4) is 5.75 Å². The number of anilines is 2. The summed E-state index contributed by atoms with van der Waals surface area (Å²) in [5.41, 5.74) is 4.99. The van der Waals surface area contributed by atoms with Crippen molar-refractivity contribution >= 4 is 28.2 Å². The van der Waals surface area contributed by atoms with Crippen molar-refractivity contribution in [3.63, 3.8) is 0 Å². The van der Waals surface area contributed by atoms with Crippen LogP contribution in [0.4, 0.5) is 11.4 Å². The van der Waals surface area contributed by atoms with Crippen LogP contribution in [0.5, 0.6) is 5.75 Å². The maximum Gasteiger partial charge on any atom is 0.228 e. The van der Waals surface area contributed by atoms with Crippen LogP contribution in [-0.4, -0.2) is 18.0 Å². The molecule has 5 heteroatoms. The van der Waals surface area contributed by atoms with Gasteiger partial charge in [0.2, 0.25) is 5.91 Å². The summed E-state index contributed by atoms with van der Waals surface area (Å²) in [6, 6.07) is 23.7. The highest BCUT2D eigenvalue weighted by Gasteiger charge is 2.09. The molecule has 1 aromatic heterocycles. The van der Waals surface area contributed by atoms with E-state index in [2.05, 4.69) is 15.6 Å². The van der Waals surface area contributed by atoms with Crippen LogP contribution in [0.1, 0.15) is 11.1 Å². The third-order valence-corrected chi connectivity index (χ3v) is 4.85. The molecule has 0 spiro atoms. The number of aromatic nitrogens is 1. The average Bonchev–Trinajstić information content (AvgIpc) is 3.16. The number of hydrogen-bond donors (Lipinski definition) is 3. The largest absolute Gasteiger partial charge is 0.497 e. The lowest BCUT2D eigenvalue weighted by Gasteiger charge is -2.09. The quantitative estimate of drug-likeness (QED) is 0.421. The minimum atomic E-state index is -0.0336. The third kappa shape index (κ3) is 4.58. The van der Waals surface area contributed by atoms with Gasteiger partial charge in [-0.15, -0.1) is 0 Å². The van der Waals surface area contributed by atoms with Crippen LogP contribution in [-0.2, 0) is 17.8 Å². The van der Waals surface area contributed by atoms with E-state index in [4.69, 9.17) is 4.74 Å². The summed E-state index contributed by atoms with van der Waals surface area (Å²) in [6.07, 6.45) is 2.23. The SMILES string of the molecule is COc1ccc(CNc2ccc(NC(=O)Cc3c[nH]c4ccccc34)cc2)cc1. The number of para-hydroxylation sites is 1. The molecule has 0 unspecified atom stereocenters. The van der Waals surface area contributed by atoms with Crippen molar-refractivity contribution in [3.05, 3.63) is 90.1 Å². The van der Waals surface area contributed by atoms with Crippen molar-refractivity contribution in [2.24, 2.45) is 0 Å². The molecule has 0 bridgehead atoms. The summed E-state index contributed by atoms with van der Waals surface area (Å²) in [7, 11) is 1.66. The summed E-state index contributed by atoms with van der Waals surface area (Å²) in [4.78, 5) is 15.6. The first-order chi connectivity index (χ1) is 14.2. The van der Waals surface area contributed by atoms with Crippen LogP contribution >= 0.6 is 0 Å². The van der Waals surface area contributed by atoms with Gasteiger partial charge < -0.3 is 20.4 Å². The van der Waals surface area contributed by atoms with Gasteiger partial charge in [-0.1, -0.05) is 30.3 Å². The molecule has 5 nitrogen and oxygen atoms in total. The summed E-state index contributed by atoms with van der Waals surface area (Å²) in [6.45, 7) is 0.719. The zero-order valence-corrected chi connectivity index (χ0v) is 16.2. The Morgan fingerprint density at radius 3 is 2.41 bits per heavy atom. The molecule has 146 valence electrons. The van der Waals surface area contributed by atoms with E-state index in [1.807, 2.05) is 79.0 Å². The lowest BCUT2D eigenvalue weighted by molar-refractivity contribution is -0.115. The van der Waals surface area contributed by atoms with E-state index in [1.165, 1.54) is 5.56 Å². The van der Waals surface area contributed by atoms with Crippen LogP contribution in [0.2, 0.25) is 0 Å². The normalized spacial score (nSPS) is 10.7. The molecule has 4 aromatic rings. The molecule has 29 heavy (non-hydrogen) atoms. The van der Waals surface area contributed by atoms with Crippen molar-refractivity contribution in [2.75, 3.05) is 17.7 Å². The summed E-state index contributed by atoms with van der Waals surface area (Å²) in [5, 5.41) is 7.43. The first-order valence-electron chi connectivity index (χ1n) is 9.53. The molecule has 0 saturated carbocycles. The number of methoxy groups -OCH3 is 1. The molecule has 0 radical (unpaired) electrons. The Bertz CT molecular complexity index is 1100. The molecule has 0 aliphatic rings. The minimum Gasteiger partial charge on any atom is -0.497 e. The van der Waals surface area contributed by atoms with Crippen molar-refractivity contribution < 1.29 is 9.53 Å². The summed E-state index contributed by atoms with van der Waals surface area (Å²) < 4.78 is 5.17. The van der Waals surface area contributed by atoms with Gasteiger partial charge in [0, 0.05) is 35.0 Å². The highest BCUT2D eigenvalue weighted by molar-refractivity contribution is 5.95. The molecule has 0 atom stereocenters. The van der Waals surface area contributed by atoms with Gasteiger partial charge in [0.25, 0.3) is 0 Å². The standard InChI is InChI=1S/C24H23N3O2/c1-29-21-12-6-17(7-13-21)15-25-19-8-10-20(11-9-19)27-24(28)14-18-16-26-23-5-3-2-4-22(18)23/h2-13,16,25-26H,14-15H2,1H3,(H,27,28). The van der Waals surface area contributed by atoms with Gasteiger partial charge in [-0.05, 0) is 53.6 Å². The Labute approximate surface area is 169 Å². The molecular formula is C24H23N3O2. The molecule has 3 aromatic carbocycles. The van der Waals surface area contributed by atoms with E-state index >= 15 is 0 Å². The van der Waals surface area contributed by atoms with Crippen LogP contribution in [0, 0.1) is 0 Å². The second-order valence-corrected chi connectivity index (χ2v) is 6.86. The summed E-state index contributed by atoms with van der Waals surface area (Å²) >= 11 is 0. The second-order valence-electron chi connectivity index (χ2n) is 6.86. The fourth-order valence-corrected chi connectivity index (χ4v) is 3.27. The zero-order chi connectivity index (χ0) is 20.1. The Kier molecular flexibility index (Phi) is 5.47. The number of ether oxygens (including phenoxy) is 1. The van der Waals surface area contributed by atoms with Gasteiger partial charge in [0.15, 0.2) is 0 Å².